The van der Waals surface area contributed by atoms with E-state index in [9.17, 15) is 4.79 Å². The molecule has 0 saturated carbocycles. The molecule has 3 rings (SSSR count). The predicted molar refractivity (Wildman–Crippen MR) is 82.7 cm³/mol. The van der Waals surface area contributed by atoms with Crippen LogP contribution in [0.2, 0.25) is 0 Å². The summed E-state index contributed by atoms with van der Waals surface area (Å²) in [4.78, 5) is 16.6. The third-order valence-corrected chi connectivity index (χ3v) is 4.42. The van der Waals surface area contributed by atoms with E-state index in [4.69, 9.17) is 4.74 Å². The Morgan fingerprint density at radius 2 is 2.33 bits per heavy atom. The minimum Gasteiger partial charge on any atom is -0.492 e. The van der Waals surface area contributed by atoms with Gasteiger partial charge >= 0.3 is 0 Å². The Bertz CT molecular complexity index is 639. The molecule has 110 valence electrons. The van der Waals surface area contributed by atoms with E-state index < -0.39 is 0 Å². The molecule has 4 nitrogen and oxygen atoms in total. The molecule has 2 heterocycles. The van der Waals surface area contributed by atoms with Gasteiger partial charge in [-0.15, -0.1) is 11.3 Å². The molecule has 0 aliphatic carbocycles. The number of nitrogens with one attached hydrogen (secondary N) is 1. The highest BCUT2D eigenvalue weighted by Gasteiger charge is 2.25. The Hall–Kier alpha value is -1.88. The first-order chi connectivity index (χ1) is 10.2. The van der Waals surface area contributed by atoms with Gasteiger partial charge in [-0.3, -0.25) is 4.79 Å². The molecule has 0 spiro atoms. The van der Waals surface area contributed by atoms with Crippen LogP contribution in [0.4, 0.5) is 0 Å². The van der Waals surface area contributed by atoms with Crippen LogP contribution in [0.3, 0.4) is 0 Å². The Morgan fingerprint density at radius 3 is 3.14 bits per heavy atom. The maximum Gasteiger partial charge on any atom is 0.226 e. The minimum atomic E-state index is -0.0999. The fourth-order valence-corrected chi connectivity index (χ4v) is 3.12. The summed E-state index contributed by atoms with van der Waals surface area (Å²) >= 11 is 1.64. The van der Waals surface area contributed by atoms with Crippen molar-refractivity contribution in [2.75, 3.05) is 13.2 Å². The van der Waals surface area contributed by atoms with Crippen LogP contribution >= 0.6 is 11.3 Å². The summed E-state index contributed by atoms with van der Waals surface area (Å²) < 4.78 is 5.65. The van der Waals surface area contributed by atoms with E-state index in [2.05, 4.69) is 10.3 Å². The van der Waals surface area contributed by atoms with Crippen molar-refractivity contribution in [1.29, 1.82) is 0 Å². The fraction of sp³-hybridized carbons (Fsp3) is 0.375. The number of para-hydroxylation sites is 1. The number of fused-ring (bicyclic) bond motifs is 1. The van der Waals surface area contributed by atoms with Crippen LogP contribution in [0.1, 0.15) is 16.3 Å². The number of benzene rings is 1. The highest BCUT2D eigenvalue weighted by Crippen LogP contribution is 2.26. The number of thiazole rings is 1. The lowest BCUT2D eigenvalue weighted by atomic mass is 9.96. The Morgan fingerprint density at radius 1 is 1.48 bits per heavy atom. The molecule has 1 atom stereocenters. The van der Waals surface area contributed by atoms with Crippen LogP contribution in [0.5, 0.6) is 5.75 Å². The summed E-state index contributed by atoms with van der Waals surface area (Å²) in [5.41, 5.74) is 2.15. The van der Waals surface area contributed by atoms with Gasteiger partial charge in [0.25, 0.3) is 0 Å². The Balaban J connectivity index is 1.50. The first-order valence-corrected chi connectivity index (χ1v) is 8.00. The number of hydrogen-bond acceptors (Lipinski definition) is 4. The standard InChI is InChI=1S/C16H18N2O2S/c1-11-18-14(10-21-11)6-7-17-16(19)13-8-12-4-2-3-5-15(12)20-9-13/h2-5,10,13H,6-9H2,1H3,(H,17,19)/t13-/m0/s1. The molecule has 1 aromatic heterocycles. The molecule has 1 N–H and O–H groups in total. The second-order valence-electron chi connectivity index (χ2n) is 5.22. The molecule has 0 radical (unpaired) electrons. The van der Waals surface area contributed by atoms with Gasteiger partial charge in [0.1, 0.15) is 12.4 Å². The normalized spacial score (nSPS) is 16.9. The lowest BCUT2D eigenvalue weighted by Gasteiger charge is -2.24. The Labute approximate surface area is 128 Å². The SMILES string of the molecule is Cc1nc(CCNC(=O)[C@@H]2COc3ccccc3C2)cs1. The van der Waals surface area contributed by atoms with Gasteiger partial charge in [0.15, 0.2) is 0 Å². The summed E-state index contributed by atoms with van der Waals surface area (Å²) in [5, 5.41) is 6.09. The number of rotatable bonds is 4. The second-order valence-corrected chi connectivity index (χ2v) is 6.28. The van der Waals surface area contributed by atoms with Crippen LogP contribution < -0.4 is 10.1 Å². The van der Waals surface area contributed by atoms with Crippen molar-refractivity contribution in [3.05, 3.63) is 45.9 Å². The first-order valence-electron chi connectivity index (χ1n) is 7.12. The number of carbonyl (C=O) groups is 1. The van der Waals surface area contributed by atoms with Crippen LogP contribution in [0.25, 0.3) is 0 Å². The lowest BCUT2D eigenvalue weighted by molar-refractivity contribution is -0.126. The minimum absolute atomic E-state index is 0.0662. The number of amides is 1. The van der Waals surface area contributed by atoms with E-state index in [1.807, 2.05) is 36.6 Å². The summed E-state index contributed by atoms with van der Waals surface area (Å²) in [5.74, 6) is 0.869. The van der Waals surface area contributed by atoms with E-state index >= 15 is 0 Å². The van der Waals surface area contributed by atoms with E-state index in [1.165, 1.54) is 0 Å². The van der Waals surface area contributed by atoms with Gasteiger partial charge in [-0.25, -0.2) is 4.98 Å². The van der Waals surface area contributed by atoms with Crippen molar-refractivity contribution in [2.24, 2.45) is 5.92 Å². The highest BCUT2D eigenvalue weighted by atomic mass is 32.1. The smallest absolute Gasteiger partial charge is 0.226 e. The van der Waals surface area contributed by atoms with Crippen molar-refractivity contribution in [3.63, 3.8) is 0 Å². The van der Waals surface area contributed by atoms with E-state index in [0.29, 0.717) is 13.2 Å². The lowest BCUT2D eigenvalue weighted by Crippen LogP contribution is -2.38. The maximum atomic E-state index is 12.2. The number of hydrogen-bond donors (Lipinski definition) is 1. The van der Waals surface area contributed by atoms with Crippen LogP contribution in [0.15, 0.2) is 29.6 Å². The number of aromatic nitrogens is 1. The molecule has 0 fully saturated rings. The zero-order chi connectivity index (χ0) is 14.7. The number of nitrogens with zero attached hydrogens (tertiary/aromatic N) is 1. The summed E-state index contributed by atoms with van der Waals surface area (Å²) in [7, 11) is 0. The quantitative estimate of drug-likeness (QED) is 0.943. The molecule has 0 saturated heterocycles. The van der Waals surface area contributed by atoms with Gasteiger partial charge in [0.2, 0.25) is 5.91 Å². The Kier molecular flexibility index (Phi) is 4.20. The number of aryl methyl sites for hydroxylation is 1. The molecular weight excluding hydrogens is 284 g/mol. The number of ether oxygens (including phenoxy) is 1. The summed E-state index contributed by atoms with van der Waals surface area (Å²) in [6.07, 6.45) is 1.53. The first kappa shape index (κ1) is 14.1. The zero-order valence-corrected chi connectivity index (χ0v) is 12.8. The third kappa shape index (κ3) is 3.42. The topological polar surface area (TPSA) is 51.2 Å². The van der Waals surface area contributed by atoms with Crippen LogP contribution in [0, 0.1) is 12.8 Å². The van der Waals surface area contributed by atoms with Gasteiger partial charge in [0, 0.05) is 18.3 Å². The maximum absolute atomic E-state index is 12.2. The van der Waals surface area contributed by atoms with E-state index in [0.717, 1.165) is 34.9 Å². The highest BCUT2D eigenvalue weighted by molar-refractivity contribution is 7.09. The van der Waals surface area contributed by atoms with Crippen molar-refractivity contribution in [2.45, 2.75) is 19.8 Å². The molecule has 0 unspecified atom stereocenters. The molecular formula is C16H18N2O2S. The molecule has 2 aromatic rings. The zero-order valence-electron chi connectivity index (χ0n) is 12.0. The van der Waals surface area contributed by atoms with E-state index in [1.54, 1.807) is 11.3 Å². The van der Waals surface area contributed by atoms with Crippen LogP contribution in [-0.2, 0) is 17.6 Å². The average molecular weight is 302 g/mol. The molecule has 5 heteroatoms. The monoisotopic (exact) mass is 302 g/mol. The van der Waals surface area contributed by atoms with Gasteiger partial charge in [-0.05, 0) is 25.0 Å². The molecule has 1 aromatic carbocycles. The fourth-order valence-electron chi connectivity index (χ4n) is 2.48. The van der Waals surface area contributed by atoms with Crippen molar-refractivity contribution in [1.82, 2.24) is 10.3 Å². The van der Waals surface area contributed by atoms with Crippen LogP contribution in [-0.4, -0.2) is 24.0 Å². The summed E-state index contributed by atoms with van der Waals surface area (Å²) in [6.45, 7) is 3.07. The third-order valence-electron chi connectivity index (χ3n) is 3.60. The van der Waals surface area contributed by atoms with Gasteiger partial charge in [-0.1, -0.05) is 18.2 Å². The van der Waals surface area contributed by atoms with Crippen molar-refractivity contribution in [3.8, 4) is 5.75 Å². The average Bonchev–Trinajstić information content (AvgIpc) is 2.92. The summed E-state index contributed by atoms with van der Waals surface area (Å²) in [6, 6.07) is 7.91. The largest absolute Gasteiger partial charge is 0.492 e. The van der Waals surface area contributed by atoms with Gasteiger partial charge < -0.3 is 10.1 Å². The molecule has 21 heavy (non-hydrogen) atoms. The number of carbonyl (C=O) groups excluding carboxylic acids is 1. The van der Waals surface area contributed by atoms with E-state index in [-0.39, 0.29) is 11.8 Å². The molecule has 1 aliphatic heterocycles. The predicted octanol–water partition coefficient (Wildman–Crippen LogP) is 2.36. The molecule has 1 aliphatic rings. The second kappa shape index (κ2) is 6.26. The van der Waals surface area contributed by atoms with Crippen molar-refractivity contribution >= 4 is 17.2 Å². The van der Waals surface area contributed by atoms with Gasteiger partial charge in [-0.2, -0.15) is 0 Å². The molecule has 1 amide bonds. The molecule has 0 bridgehead atoms. The van der Waals surface area contributed by atoms with Gasteiger partial charge in [0.05, 0.1) is 16.6 Å². The van der Waals surface area contributed by atoms with Crippen molar-refractivity contribution < 1.29 is 9.53 Å².